The number of nitrogens with one attached hydrogen (secondary N) is 1. The second kappa shape index (κ2) is 5.26. The molecule has 0 heterocycles. The van der Waals surface area contributed by atoms with Gasteiger partial charge in [-0.15, -0.1) is 0 Å². The van der Waals surface area contributed by atoms with Crippen LogP contribution >= 0.6 is 23.2 Å². The van der Waals surface area contributed by atoms with Gasteiger partial charge in [-0.3, -0.25) is 0 Å². The highest BCUT2D eigenvalue weighted by Crippen LogP contribution is 2.36. The van der Waals surface area contributed by atoms with Gasteiger partial charge in [-0.05, 0) is 31.5 Å². The van der Waals surface area contributed by atoms with Crippen LogP contribution < -0.4 is 10.1 Å². The molecule has 0 radical (unpaired) electrons. The zero-order valence-corrected chi connectivity index (χ0v) is 10.7. The molecule has 1 fully saturated rings. The van der Waals surface area contributed by atoms with Gasteiger partial charge in [0.1, 0.15) is 6.10 Å². The maximum absolute atomic E-state index is 6.03. The highest BCUT2D eigenvalue weighted by atomic mass is 35.5. The van der Waals surface area contributed by atoms with Gasteiger partial charge in [0.15, 0.2) is 5.75 Å². The van der Waals surface area contributed by atoms with Crippen LogP contribution in [0.3, 0.4) is 0 Å². The van der Waals surface area contributed by atoms with E-state index in [1.807, 2.05) is 6.07 Å². The highest BCUT2D eigenvalue weighted by Gasteiger charge is 2.30. The van der Waals surface area contributed by atoms with Gasteiger partial charge in [-0.25, -0.2) is 0 Å². The molecule has 0 aromatic heterocycles. The van der Waals surface area contributed by atoms with Crippen molar-refractivity contribution < 1.29 is 4.74 Å². The molecule has 0 unspecified atom stereocenters. The van der Waals surface area contributed by atoms with Crippen molar-refractivity contribution in [2.24, 2.45) is 0 Å². The lowest BCUT2D eigenvalue weighted by molar-refractivity contribution is 0.0861. The molecule has 2 nitrogen and oxygen atoms in total. The van der Waals surface area contributed by atoms with E-state index in [1.165, 1.54) is 0 Å². The first-order valence-corrected chi connectivity index (χ1v) is 6.30. The van der Waals surface area contributed by atoms with E-state index in [4.69, 9.17) is 27.9 Å². The first-order chi connectivity index (χ1) is 7.70. The molecule has 0 saturated heterocycles. The lowest BCUT2D eigenvalue weighted by Gasteiger charge is -2.36. The van der Waals surface area contributed by atoms with Gasteiger partial charge in [0.05, 0.1) is 10.0 Å². The molecule has 88 valence electrons. The molecule has 1 aromatic rings. The van der Waals surface area contributed by atoms with Crippen LogP contribution in [0.25, 0.3) is 0 Å². The second-order valence-electron chi connectivity index (χ2n) is 4.02. The van der Waals surface area contributed by atoms with Crippen molar-refractivity contribution in [3.05, 3.63) is 28.2 Å². The van der Waals surface area contributed by atoms with Gasteiger partial charge in [0.2, 0.25) is 0 Å². The summed E-state index contributed by atoms with van der Waals surface area (Å²) in [5.74, 6) is 0.616. The van der Waals surface area contributed by atoms with Crippen LogP contribution in [-0.2, 0) is 0 Å². The Labute approximate surface area is 106 Å². The van der Waals surface area contributed by atoms with Gasteiger partial charge in [0.25, 0.3) is 0 Å². The lowest BCUT2D eigenvalue weighted by atomic mass is 9.89. The van der Waals surface area contributed by atoms with Crippen LogP contribution in [0, 0.1) is 0 Å². The van der Waals surface area contributed by atoms with Crippen molar-refractivity contribution in [3.8, 4) is 5.75 Å². The Morgan fingerprint density at radius 1 is 1.31 bits per heavy atom. The third-order valence-corrected chi connectivity index (χ3v) is 3.39. The quantitative estimate of drug-likeness (QED) is 0.894. The molecule has 0 atom stereocenters. The fourth-order valence-electron chi connectivity index (χ4n) is 1.88. The lowest BCUT2D eigenvalue weighted by Crippen LogP contribution is -2.46. The molecular weight excluding hydrogens is 245 g/mol. The zero-order valence-electron chi connectivity index (χ0n) is 9.17. The van der Waals surface area contributed by atoms with Crippen LogP contribution in [0.4, 0.5) is 0 Å². The molecule has 4 heteroatoms. The average molecular weight is 260 g/mol. The molecule has 0 bridgehead atoms. The normalized spacial score (nSPS) is 23.9. The molecule has 0 aliphatic heterocycles. The van der Waals surface area contributed by atoms with Crippen LogP contribution in [0.5, 0.6) is 5.75 Å². The summed E-state index contributed by atoms with van der Waals surface area (Å²) in [6.07, 6.45) is 2.28. The SMILES string of the molecule is CCNC1CC(Oc2c(Cl)cccc2Cl)C1. The van der Waals surface area contributed by atoms with Crippen LogP contribution in [0.1, 0.15) is 19.8 Å². The predicted molar refractivity (Wildman–Crippen MR) is 67.6 cm³/mol. The van der Waals surface area contributed by atoms with Crippen LogP contribution in [0.15, 0.2) is 18.2 Å². The maximum atomic E-state index is 6.03. The van der Waals surface area contributed by atoms with Gasteiger partial charge >= 0.3 is 0 Å². The van der Waals surface area contributed by atoms with E-state index in [0.29, 0.717) is 21.8 Å². The number of hydrogen-bond donors (Lipinski definition) is 1. The molecule has 0 spiro atoms. The first-order valence-electron chi connectivity index (χ1n) is 5.54. The minimum absolute atomic E-state index is 0.237. The summed E-state index contributed by atoms with van der Waals surface area (Å²) in [6, 6.07) is 5.99. The minimum Gasteiger partial charge on any atom is -0.487 e. The van der Waals surface area contributed by atoms with Gasteiger partial charge in [-0.1, -0.05) is 36.2 Å². The number of ether oxygens (including phenoxy) is 1. The van der Waals surface area contributed by atoms with Gasteiger partial charge in [0, 0.05) is 6.04 Å². The van der Waals surface area contributed by atoms with E-state index in [1.54, 1.807) is 12.1 Å². The van der Waals surface area contributed by atoms with Crippen molar-refractivity contribution in [1.29, 1.82) is 0 Å². The Bertz CT molecular complexity index is 344. The van der Waals surface area contributed by atoms with Crippen molar-refractivity contribution in [2.75, 3.05) is 6.54 Å². The predicted octanol–water partition coefficient (Wildman–Crippen LogP) is 3.51. The van der Waals surface area contributed by atoms with E-state index in [0.717, 1.165) is 19.4 Å². The minimum atomic E-state index is 0.237. The number of para-hydroxylation sites is 1. The third-order valence-electron chi connectivity index (χ3n) is 2.79. The van der Waals surface area contributed by atoms with Crippen molar-refractivity contribution in [3.63, 3.8) is 0 Å². The van der Waals surface area contributed by atoms with Crippen molar-refractivity contribution >= 4 is 23.2 Å². The first kappa shape index (κ1) is 12.0. The molecule has 1 aliphatic rings. The summed E-state index contributed by atoms with van der Waals surface area (Å²) in [7, 11) is 0. The van der Waals surface area contributed by atoms with E-state index in [-0.39, 0.29) is 6.10 Å². The number of hydrogen-bond acceptors (Lipinski definition) is 2. The summed E-state index contributed by atoms with van der Waals surface area (Å²) in [4.78, 5) is 0. The highest BCUT2D eigenvalue weighted by molar-refractivity contribution is 6.37. The Kier molecular flexibility index (Phi) is 3.95. The Morgan fingerprint density at radius 2 is 1.94 bits per heavy atom. The largest absolute Gasteiger partial charge is 0.487 e. The van der Waals surface area contributed by atoms with Crippen LogP contribution in [-0.4, -0.2) is 18.7 Å². The standard InChI is InChI=1S/C12H15Cl2NO/c1-2-15-8-6-9(7-8)16-12-10(13)4-3-5-11(12)14/h3-5,8-9,15H,2,6-7H2,1H3. The van der Waals surface area contributed by atoms with E-state index >= 15 is 0 Å². The summed E-state index contributed by atoms with van der Waals surface area (Å²) < 4.78 is 5.78. The number of halogens is 2. The maximum Gasteiger partial charge on any atom is 0.156 e. The Morgan fingerprint density at radius 3 is 2.50 bits per heavy atom. The molecule has 0 amide bonds. The molecule has 1 N–H and O–H groups in total. The van der Waals surface area contributed by atoms with E-state index in [2.05, 4.69) is 12.2 Å². The molecule has 2 rings (SSSR count). The fourth-order valence-corrected chi connectivity index (χ4v) is 2.37. The summed E-state index contributed by atoms with van der Waals surface area (Å²) >= 11 is 12.1. The van der Waals surface area contributed by atoms with Gasteiger partial charge < -0.3 is 10.1 Å². The summed E-state index contributed by atoms with van der Waals surface area (Å²) in [5, 5.41) is 4.55. The van der Waals surface area contributed by atoms with Crippen LogP contribution in [0.2, 0.25) is 10.0 Å². The zero-order chi connectivity index (χ0) is 11.5. The van der Waals surface area contributed by atoms with Crippen molar-refractivity contribution in [2.45, 2.75) is 31.9 Å². The number of rotatable bonds is 4. The summed E-state index contributed by atoms with van der Waals surface area (Å²) in [5.41, 5.74) is 0. The smallest absolute Gasteiger partial charge is 0.156 e. The van der Waals surface area contributed by atoms with Gasteiger partial charge in [-0.2, -0.15) is 0 Å². The Balaban J connectivity index is 1.91. The number of benzene rings is 1. The average Bonchev–Trinajstić information content (AvgIpc) is 2.19. The monoisotopic (exact) mass is 259 g/mol. The van der Waals surface area contributed by atoms with Crippen molar-refractivity contribution in [1.82, 2.24) is 5.32 Å². The second-order valence-corrected chi connectivity index (χ2v) is 4.83. The molecule has 1 saturated carbocycles. The van der Waals surface area contributed by atoms with E-state index < -0.39 is 0 Å². The molecule has 1 aliphatic carbocycles. The summed E-state index contributed by atoms with van der Waals surface area (Å²) in [6.45, 7) is 3.11. The Hall–Kier alpha value is -0.440. The van der Waals surface area contributed by atoms with E-state index in [9.17, 15) is 0 Å². The molecule has 1 aromatic carbocycles. The topological polar surface area (TPSA) is 21.3 Å². The fraction of sp³-hybridized carbons (Fsp3) is 0.500. The molecule has 16 heavy (non-hydrogen) atoms. The third kappa shape index (κ3) is 2.62. The molecular formula is C12H15Cl2NO.